The largest absolute Gasteiger partial charge is 0.459 e. The van der Waals surface area contributed by atoms with E-state index in [0.717, 1.165) is 24.5 Å². The van der Waals surface area contributed by atoms with Gasteiger partial charge in [-0.25, -0.2) is 4.98 Å². The van der Waals surface area contributed by atoms with E-state index in [0.29, 0.717) is 24.0 Å². The number of para-hydroxylation sites is 2. The molecule has 3 aromatic rings. The highest BCUT2D eigenvalue weighted by atomic mass is 32.1. The first-order valence-corrected chi connectivity index (χ1v) is 10.1. The van der Waals surface area contributed by atoms with E-state index >= 15 is 0 Å². The van der Waals surface area contributed by atoms with Gasteiger partial charge in [0.05, 0.1) is 43.0 Å². The minimum Gasteiger partial charge on any atom is -0.459 e. The van der Waals surface area contributed by atoms with Gasteiger partial charge in [-0.05, 0) is 24.3 Å². The summed E-state index contributed by atoms with van der Waals surface area (Å²) in [5, 5.41) is 7.81. The number of ether oxygens (including phenoxy) is 1. The molecule has 0 aliphatic carbocycles. The Morgan fingerprint density at radius 1 is 1.10 bits per heavy atom. The van der Waals surface area contributed by atoms with Gasteiger partial charge in [0.15, 0.2) is 10.9 Å². The maximum atomic E-state index is 12.5. The normalized spacial score (nSPS) is 13.9. The van der Waals surface area contributed by atoms with Gasteiger partial charge in [0, 0.05) is 18.5 Å². The Morgan fingerprint density at radius 2 is 1.93 bits per heavy atom. The number of nitrogens with one attached hydrogen (secondary N) is 2. The van der Waals surface area contributed by atoms with E-state index in [-0.39, 0.29) is 24.0 Å². The zero-order valence-corrected chi connectivity index (χ0v) is 16.4. The van der Waals surface area contributed by atoms with Gasteiger partial charge in [-0.15, -0.1) is 11.3 Å². The molecule has 4 rings (SSSR count). The first kappa shape index (κ1) is 19.2. The number of thiazole rings is 1. The van der Waals surface area contributed by atoms with Crippen molar-refractivity contribution in [2.75, 3.05) is 41.8 Å². The summed E-state index contributed by atoms with van der Waals surface area (Å²) in [6.45, 7) is 2.93. The van der Waals surface area contributed by atoms with Crippen molar-refractivity contribution in [2.45, 2.75) is 6.42 Å². The van der Waals surface area contributed by atoms with Crippen LogP contribution in [-0.4, -0.2) is 43.1 Å². The van der Waals surface area contributed by atoms with Gasteiger partial charge in [-0.2, -0.15) is 0 Å². The van der Waals surface area contributed by atoms with E-state index in [1.165, 1.54) is 17.6 Å². The number of hydrogen-bond donors (Lipinski definition) is 2. The predicted molar refractivity (Wildman–Crippen MR) is 111 cm³/mol. The highest BCUT2D eigenvalue weighted by molar-refractivity contribution is 7.14. The van der Waals surface area contributed by atoms with E-state index in [9.17, 15) is 9.59 Å². The molecule has 1 fully saturated rings. The van der Waals surface area contributed by atoms with Gasteiger partial charge in [-0.1, -0.05) is 12.1 Å². The topological polar surface area (TPSA) is 96.7 Å². The number of aromatic nitrogens is 1. The van der Waals surface area contributed by atoms with Crippen LogP contribution in [0, 0.1) is 0 Å². The lowest BCUT2D eigenvalue weighted by atomic mass is 10.2. The summed E-state index contributed by atoms with van der Waals surface area (Å²) >= 11 is 1.26. The zero-order chi connectivity index (χ0) is 20.1. The summed E-state index contributed by atoms with van der Waals surface area (Å²) < 4.78 is 10.5. The third-order valence-corrected chi connectivity index (χ3v) is 5.20. The number of furan rings is 1. The van der Waals surface area contributed by atoms with Crippen molar-refractivity contribution in [2.24, 2.45) is 0 Å². The number of nitrogens with zero attached hydrogens (tertiary/aromatic N) is 2. The molecule has 0 radical (unpaired) electrons. The van der Waals surface area contributed by atoms with E-state index < -0.39 is 0 Å². The van der Waals surface area contributed by atoms with Crippen LogP contribution in [0.2, 0.25) is 0 Å². The van der Waals surface area contributed by atoms with E-state index in [1.807, 2.05) is 24.3 Å². The van der Waals surface area contributed by atoms with Crippen LogP contribution in [0.15, 0.2) is 52.5 Å². The van der Waals surface area contributed by atoms with Gasteiger partial charge < -0.3 is 19.4 Å². The van der Waals surface area contributed by atoms with Crippen molar-refractivity contribution in [1.82, 2.24) is 4.98 Å². The van der Waals surface area contributed by atoms with Crippen molar-refractivity contribution in [3.8, 4) is 0 Å². The van der Waals surface area contributed by atoms with Crippen LogP contribution in [-0.2, 0) is 16.0 Å². The van der Waals surface area contributed by atoms with Crippen molar-refractivity contribution < 1.29 is 18.7 Å². The molecule has 2 amide bonds. The summed E-state index contributed by atoms with van der Waals surface area (Å²) in [6.07, 6.45) is 1.55. The second kappa shape index (κ2) is 8.89. The summed E-state index contributed by atoms with van der Waals surface area (Å²) in [4.78, 5) is 31.1. The smallest absolute Gasteiger partial charge is 0.293 e. The SMILES string of the molecule is O=C(Cc1csc(NC(=O)c2ccco2)n1)Nc1ccccc1N1CCOCC1. The molecular formula is C20H20N4O4S. The third-order valence-electron chi connectivity index (χ3n) is 4.39. The van der Waals surface area contributed by atoms with Crippen LogP contribution >= 0.6 is 11.3 Å². The Labute approximate surface area is 171 Å². The number of morpholine rings is 1. The average molecular weight is 412 g/mol. The molecule has 0 atom stereocenters. The quantitative estimate of drug-likeness (QED) is 0.646. The molecule has 0 spiro atoms. The molecule has 29 heavy (non-hydrogen) atoms. The molecule has 0 saturated carbocycles. The van der Waals surface area contributed by atoms with Gasteiger partial charge in [0.2, 0.25) is 5.91 Å². The molecule has 1 aromatic carbocycles. The summed E-state index contributed by atoms with van der Waals surface area (Å²) in [5.41, 5.74) is 2.33. The summed E-state index contributed by atoms with van der Waals surface area (Å²) in [7, 11) is 0. The van der Waals surface area contributed by atoms with Gasteiger partial charge in [-0.3, -0.25) is 14.9 Å². The first-order valence-electron chi connectivity index (χ1n) is 9.20. The number of amides is 2. The Hall–Kier alpha value is -3.17. The first-order chi connectivity index (χ1) is 14.2. The Bertz CT molecular complexity index is 980. The molecule has 1 aliphatic rings. The second-order valence-corrected chi connectivity index (χ2v) is 7.28. The van der Waals surface area contributed by atoms with Crippen LogP contribution < -0.4 is 15.5 Å². The maximum Gasteiger partial charge on any atom is 0.293 e. The highest BCUT2D eigenvalue weighted by Gasteiger charge is 2.17. The van der Waals surface area contributed by atoms with E-state index in [2.05, 4.69) is 20.5 Å². The molecule has 0 bridgehead atoms. The molecule has 8 nitrogen and oxygen atoms in total. The number of carbonyl (C=O) groups is 2. The fourth-order valence-corrected chi connectivity index (χ4v) is 3.74. The Morgan fingerprint density at radius 3 is 2.72 bits per heavy atom. The summed E-state index contributed by atoms with van der Waals surface area (Å²) in [5.74, 6) is -0.334. The maximum absolute atomic E-state index is 12.5. The number of rotatable bonds is 6. The van der Waals surface area contributed by atoms with Crippen molar-refractivity contribution in [3.05, 3.63) is 59.5 Å². The van der Waals surface area contributed by atoms with Crippen LogP contribution in [0.4, 0.5) is 16.5 Å². The van der Waals surface area contributed by atoms with Crippen LogP contribution in [0.1, 0.15) is 16.2 Å². The molecule has 9 heteroatoms. The fourth-order valence-electron chi connectivity index (χ4n) is 3.03. The minimum atomic E-state index is -0.375. The summed E-state index contributed by atoms with van der Waals surface area (Å²) in [6, 6.07) is 10.9. The van der Waals surface area contributed by atoms with E-state index in [1.54, 1.807) is 17.5 Å². The molecule has 3 heterocycles. The predicted octanol–water partition coefficient (Wildman–Crippen LogP) is 3.01. The number of benzene rings is 1. The molecule has 2 N–H and O–H groups in total. The number of hydrogen-bond acceptors (Lipinski definition) is 7. The molecule has 1 aliphatic heterocycles. The van der Waals surface area contributed by atoms with Gasteiger partial charge >= 0.3 is 0 Å². The molecule has 2 aromatic heterocycles. The Balaban J connectivity index is 1.37. The molecular weight excluding hydrogens is 392 g/mol. The minimum absolute atomic E-state index is 0.116. The zero-order valence-electron chi connectivity index (χ0n) is 15.6. The molecule has 1 saturated heterocycles. The monoisotopic (exact) mass is 412 g/mol. The van der Waals surface area contributed by atoms with E-state index in [4.69, 9.17) is 9.15 Å². The standard InChI is InChI=1S/C20H20N4O4S/c25-18(22-15-4-1-2-5-16(15)24-7-10-27-11-8-24)12-14-13-29-20(21-14)23-19(26)17-6-3-9-28-17/h1-6,9,13H,7-8,10-12H2,(H,22,25)(H,21,23,26). The van der Waals surface area contributed by atoms with Crippen LogP contribution in [0.3, 0.4) is 0 Å². The van der Waals surface area contributed by atoms with Crippen molar-refractivity contribution in [3.63, 3.8) is 0 Å². The molecule has 150 valence electrons. The molecule has 0 unspecified atom stereocenters. The lowest BCUT2D eigenvalue weighted by molar-refractivity contribution is -0.115. The van der Waals surface area contributed by atoms with Gasteiger partial charge in [0.25, 0.3) is 5.91 Å². The lowest BCUT2D eigenvalue weighted by Crippen LogP contribution is -2.36. The lowest BCUT2D eigenvalue weighted by Gasteiger charge is -2.30. The fraction of sp³-hybridized carbons (Fsp3) is 0.250. The Kier molecular flexibility index (Phi) is 5.87. The van der Waals surface area contributed by atoms with Crippen LogP contribution in [0.25, 0.3) is 0 Å². The van der Waals surface area contributed by atoms with Crippen molar-refractivity contribution >= 4 is 39.7 Å². The van der Waals surface area contributed by atoms with Crippen LogP contribution in [0.5, 0.6) is 0 Å². The number of carbonyl (C=O) groups excluding carboxylic acids is 2. The highest BCUT2D eigenvalue weighted by Crippen LogP contribution is 2.26. The second-order valence-electron chi connectivity index (χ2n) is 6.42. The average Bonchev–Trinajstić information content (AvgIpc) is 3.41. The van der Waals surface area contributed by atoms with Crippen molar-refractivity contribution in [1.29, 1.82) is 0 Å². The van der Waals surface area contributed by atoms with Gasteiger partial charge in [0.1, 0.15) is 0 Å². The number of anilines is 3. The third kappa shape index (κ3) is 4.82.